The van der Waals surface area contributed by atoms with E-state index in [2.05, 4.69) is 24.1 Å². The zero-order valence-corrected chi connectivity index (χ0v) is 13.7. The van der Waals surface area contributed by atoms with Crippen molar-refractivity contribution in [3.05, 3.63) is 41.1 Å². The summed E-state index contributed by atoms with van der Waals surface area (Å²) >= 11 is 0. The molecule has 0 amide bonds. The number of nitrogens with zero attached hydrogens (tertiary/aromatic N) is 3. The largest absolute Gasteiger partial charge is 0.465 e. The molecule has 3 rings (SSSR count). The van der Waals surface area contributed by atoms with Crippen LogP contribution < -0.4 is 0 Å². The number of rotatable bonds is 6. The molecule has 0 N–H and O–H groups in total. The normalized spacial score (nSPS) is 18.6. The second-order valence-corrected chi connectivity index (χ2v) is 5.93. The van der Waals surface area contributed by atoms with Crippen molar-refractivity contribution in [3.8, 4) is 0 Å². The molecule has 2 aromatic rings. The molecule has 1 aliphatic heterocycles. The van der Waals surface area contributed by atoms with Crippen LogP contribution in [0.15, 0.2) is 22.7 Å². The molecular weight excluding hydrogens is 278 g/mol. The molecular formula is C17H25N3O2. The van der Waals surface area contributed by atoms with E-state index in [9.17, 15) is 0 Å². The second-order valence-electron chi connectivity index (χ2n) is 5.93. The van der Waals surface area contributed by atoms with E-state index in [0.29, 0.717) is 5.92 Å². The minimum Gasteiger partial charge on any atom is -0.465 e. The molecule has 0 aromatic carbocycles. The number of fused-ring (bicyclic) bond motifs is 1. The molecule has 0 unspecified atom stereocenters. The van der Waals surface area contributed by atoms with Gasteiger partial charge in [0.15, 0.2) is 0 Å². The predicted octanol–water partition coefficient (Wildman–Crippen LogP) is 2.94. The summed E-state index contributed by atoms with van der Waals surface area (Å²) in [4.78, 5) is 2.42. The quantitative estimate of drug-likeness (QED) is 0.823. The second kappa shape index (κ2) is 6.67. The number of aromatic nitrogens is 2. The van der Waals surface area contributed by atoms with Crippen LogP contribution >= 0.6 is 0 Å². The van der Waals surface area contributed by atoms with E-state index < -0.39 is 0 Å². The van der Waals surface area contributed by atoms with Crippen LogP contribution in [-0.2, 0) is 24.4 Å². The lowest BCUT2D eigenvalue weighted by Gasteiger charge is -2.31. The van der Waals surface area contributed by atoms with Gasteiger partial charge in [-0.25, -0.2) is 0 Å². The van der Waals surface area contributed by atoms with Crippen molar-refractivity contribution < 1.29 is 9.15 Å². The maximum atomic E-state index is 5.72. The van der Waals surface area contributed by atoms with Gasteiger partial charge in [-0.15, -0.1) is 0 Å². The van der Waals surface area contributed by atoms with Crippen LogP contribution in [0.2, 0.25) is 0 Å². The SMILES string of the molecule is CCOC[C@H]1CN(Cc2ccc(C)o2)Cc2cn(CC)nc21. The van der Waals surface area contributed by atoms with Gasteiger partial charge >= 0.3 is 0 Å². The van der Waals surface area contributed by atoms with Crippen LogP contribution in [0.1, 0.15) is 42.5 Å². The predicted molar refractivity (Wildman–Crippen MR) is 84.7 cm³/mol. The Morgan fingerprint density at radius 2 is 2.23 bits per heavy atom. The Labute approximate surface area is 131 Å². The molecule has 0 saturated carbocycles. The zero-order valence-electron chi connectivity index (χ0n) is 13.7. The fourth-order valence-corrected chi connectivity index (χ4v) is 3.11. The first kappa shape index (κ1) is 15.3. The van der Waals surface area contributed by atoms with Gasteiger partial charge < -0.3 is 9.15 Å². The monoisotopic (exact) mass is 303 g/mol. The fraction of sp³-hybridized carbons (Fsp3) is 0.588. The summed E-state index contributed by atoms with van der Waals surface area (Å²) in [6.45, 7) is 11.3. The van der Waals surface area contributed by atoms with Gasteiger partial charge in [0.25, 0.3) is 0 Å². The topological polar surface area (TPSA) is 43.4 Å². The summed E-state index contributed by atoms with van der Waals surface area (Å²) in [7, 11) is 0. The highest BCUT2D eigenvalue weighted by Gasteiger charge is 2.29. The highest BCUT2D eigenvalue weighted by atomic mass is 16.5. The van der Waals surface area contributed by atoms with E-state index in [0.717, 1.165) is 50.9 Å². The van der Waals surface area contributed by atoms with Crippen molar-refractivity contribution in [1.82, 2.24) is 14.7 Å². The van der Waals surface area contributed by atoms with Gasteiger partial charge in [-0.2, -0.15) is 5.10 Å². The van der Waals surface area contributed by atoms with Crippen molar-refractivity contribution >= 4 is 0 Å². The molecule has 5 nitrogen and oxygen atoms in total. The van der Waals surface area contributed by atoms with Crippen molar-refractivity contribution in [1.29, 1.82) is 0 Å². The van der Waals surface area contributed by atoms with Gasteiger partial charge in [-0.1, -0.05) is 0 Å². The van der Waals surface area contributed by atoms with Crippen LogP contribution in [0.4, 0.5) is 0 Å². The number of ether oxygens (including phenoxy) is 1. The van der Waals surface area contributed by atoms with Crippen molar-refractivity contribution in [3.63, 3.8) is 0 Å². The number of aryl methyl sites for hydroxylation is 2. The Balaban J connectivity index is 1.77. The molecule has 120 valence electrons. The molecule has 3 heterocycles. The van der Waals surface area contributed by atoms with Crippen LogP contribution in [-0.4, -0.2) is 34.4 Å². The van der Waals surface area contributed by atoms with Crippen molar-refractivity contribution in [2.75, 3.05) is 19.8 Å². The molecule has 0 radical (unpaired) electrons. The van der Waals surface area contributed by atoms with E-state index in [1.807, 2.05) is 24.6 Å². The molecule has 0 fully saturated rings. The summed E-state index contributed by atoms with van der Waals surface area (Å²) in [6.07, 6.45) is 2.17. The lowest BCUT2D eigenvalue weighted by molar-refractivity contribution is 0.101. The van der Waals surface area contributed by atoms with E-state index in [-0.39, 0.29) is 0 Å². The maximum Gasteiger partial charge on any atom is 0.118 e. The summed E-state index contributed by atoms with van der Waals surface area (Å²) in [5.41, 5.74) is 2.53. The van der Waals surface area contributed by atoms with Crippen molar-refractivity contribution in [2.45, 2.75) is 46.3 Å². The lowest BCUT2D eigenvalue weighted by Crippen LogP contribution is -2.34. The summed E-state index contributed by atoms with van der Waals surface area (Å²) in [5.74, 6) is 2.34. The average molecular weight is 303 g/mol. The van der Waals surface area contributed by atoms with Gasteiger partial charge in [0.1, 0.15) is 11.5 Å². The van der Waals surface area contributed by atoms with Crippen LogP contribution in [0.3, 0.4) is 0 Å². The maximum absolute atomic E-state index is 5.72. The van der Waals surface area contributed by atoms with E-state index in [1.165, 1.54) is 11.3 Å². The standard InChI is InChI=1S/C17H25N3O2/c1-4-20-10-14-8-19(11-16-7-6-13(3)22-16)9-15(12-21-5-2)17(14)18-20/h6-7,10,15H,4-5,8-9,11-12H2,1-3H3/t15-/m1/s1. The van der Waals surface area contributed by atoms with Gasteiger partial charge in [-0.05, 0) is 32.9 Å². The highest BCUT2D eigenvalue weighted by Crippen LogP contribution is 2.28. The number of hydrogen-bond donors (Lipinski definition) is 0. The third-order valence-corrected chi connectivity index (χ3v) is 4.15. The third kappa shape index (κ3) is 3.25. The zero-order chi connectivity index (χ0) is 15.5. The van der Waals surface area contributed by atoms with Crippen molar-refractivity contribution in [2.24, 2.45) is 0 Å². The van der Waals surface area contributed by atoms with Crippen LogP contribution in [0.5, 0.6) is 0 Å². The lowest BCUT2D eigenvalue weighted by atomic mass is 9.97. The number of furan rings is 1. The Morgan fingerprint density at radius 1 is 1.36 bits per heavy atom. The molecule has 0 spiro atoms. The minimum atomic E-state index is 0.340. The fourth-order valence-electron chi connectivity index (χ4n) is 3.11. The van der Waals surface area contributed by atoms with Gasteiger partial charge in [0.2, 0.25) is 0 Å². The van der Waals surface area contributed by atoms with E-state index in [1.54, 1.807) is 0 Å². The Kier molecular flexibility index (Phi) is 4.64. The van der Waals surface area contributed by atoms with Gasteiger partial charge in [0, 0.05) is 43.9 Å². The first-order valence-electron chi connectivity index (χ1n) is 8.11. The molecule has 0 aliphatic carbocycles. The molecule has 1 aliphatic rings. The molecule has 22 heavy (non-hydrogen) atoms. The number of hydrogen-bond acceptors (Lipinski definition) is 4. The Bertz CT molecular complexity index is 617. The molecule has 1 atom stereocenters. The van der Waals surface area contributed by atoms with Crippen LogP contribution in [0.25, 0.3) is 0 Å². The average Bonchev–Trinajstić information content (AvgIpc) is 3.10. The van der Waals surface area contributed by atoms with Gasteiger partial charge in [0.05, 0.1) is 18.8 Å². The Morgan fingerprint density at radius 3 is 2.91 bits per heavy atom. The first-order valence-corrected chi connectivity index (χ1v) is 8.11. The smallest absolute Gasteiger partial charge is 0.118 e. The van der Waals surface area contributed by atoms with E-state index >= 15 is 0 Å². The summed E-state index contributed by atoms with van der Waals surface area (Å²) in [6, 6.07) is 4.09. The molecule has 0 saturated heterocycles. The molecule has 2 aromatic heterocycles. The minimum absolute atomic E-state index is 0.340. The molecule has 5 heteroatoms. The molecule has 0 bridgehead atoms. The highest BCUT2D eigenvalue weighted by molar-refractivity contribution is 5.25. The Hall–Kier alpha value is -1.59. The third-order valence-electron chi connectivity index (χ3n) is 4.15. The summed E-state index contributed by atoms with van der Waals surface area (Å²) < 4.78 is 13.4. The van der Waals surface area contributed by atoms with E-state index in [4.69, 9.17) is 14.3 Å². The first-order chi connectivity index (χ1) is 10.7. The van der Waals surface area contributed by atoms with Crippen LogP contribution in [0, 0.1) is 6.92 Å². The van der Waals surface area contributed by atoms with Gasteiger partial charge in [-0.3, -0.25) is 9.58 Å². The summed E-state index contributed by atoms with van der Waals surface area (Å²) in [5, 5.41) is 4.74.